The van der Waals surface area contributed by atoms with Gasteiger partial charge in [-0.1, -0.05) is 30.3 Å². The van der Waals surface area contributed by atoms with Crippen LogP contribution in [0.2, 0.25) is 0 Å². The van der Waals surface area contributed by atoms with E-state index in [-0.39, 0.29) is 6.61 Å². The van der Waals surface area contributed by atoms with E-state index in [9.17, 15) is 9.59 Å². The quantitative estimate of drug-likeness (QED) is 0.690. The maximum Gasteiger partial charge on any atom is 0.283 e. The van der Waals surface area contributed by atoms with Crippen molar-refractivity contribution in [1.82, 2.24) is 15.4 Å². The van der Waals surface area contributed by atoms with E-state index in [0.29, 0.717) is 17.1 Å². The first-order valence-electron chi connectivity index (χ1n) is 8.16. The first kappa shape index (κ1) is 16.0. The summed E-state index contributed by atoms with van der Waals surface area (Å²) in [5.41, 5.74) is 6.26. The Labute approximate surface area is 149 Å². The van der Waals surface area contributed by atoms with Crippen LogP contribution in [0.15, 0.2) is 54.7 Å². The normalized spacial score (nSPS) is 15.5. The molecule has 0 saturated heterocycles. The fourth-order valence-corrected chi connectivity index (χ4v) is 2.94. The van der Waals surface area contributed by atoms with Crippen LogP contribution >= 0.6 is 0 Å². The summed E-state index contributed by atoms with van der Waals surface area (Å²) in [6, 6.07) is 14.7. The van der Waals surface area contributed by atoms with Gasteiger partial charge in [-0.15, -0.1) is 0 Å². The molecule has 0 saturated carbocycles. The van der Waals surface area contributed by atoms with Crippen LogP contribution in [-0.2, 0) is 11.8 Å². The van der Waals surface area contributed by atoms with E-state index >= 15 is 0 Å². The summed E-state index contributed by atoms with van der Waals surface area (Å²) in [7, 11) is 1.86. The van der Waals surface area contributed by atoms with Crippen molar-refractivity contribution in [1.29, 1.82) is 0 Å². The third-order valence-corrected chi connectivity index (χ3v) is 4.24. The fourth-order valence-electron chi connectivity index (χ4n) is 2.94. The molecular weight excluding hydrogens is 334 g/mol. The zero-order valence-corrected chi connectivity index (χ0v) is 14.1. The minimum Gasteiger partial charge on any atom is -0.485 e. The maximum absolute atomic E-state index is 12.4. The molecule has 7 heteroatoms. The Hall–Kier alpha value is -3.48. The highest BCUT2D eigenvalue weighted by Crippen LogP contribution is 2.30. The molecule has 4 rings (SSSR count). The molecule has 2 aromatic carbocycles. The van der Waals surface area contributed by atoms with E-state index < -0.39 is 17.9 Å². The topological polar surface area (TPSA) is 81.6 Å². The molecule has 2 amide bonds. The summed E-state index contributed by atoms with van der Waals surface area (Å²) in [5.74, 6) is 0.219. The number of hydrogen-bond acceptors (Lipinski definition) is 4. The number of fused-ring (bicyclic) bond motifs is 2. The highest BCUT2D eigenvalue weighted by molar-refractivity contribution is 6.07. The number of hydrogen-bond donors (Lipinski definition) is 2. The Balaban J connectivity index is 1.42. The van der Waals surface area contributed by atoms with E-state index in [4.69, 9.17) is 9.47 Å². The molecule has 0 fully saturated rings. The van der Waals surface area contributed by atoms with E-state index in [0.717, 1.165) is 10.9 Å². The summed E-state index contributed by atoms with van der Waals surface area (Å²) in [5, 5.41) is 0.813. The Kier molecular flexibility index (Phi) is 3.96. The maximum atomic E-state index is 12.4. The van der Waals surface area contributed by atoms with Crippen LogP contribution in [0.25, 0.3) is 10.9 Å². The van der Waals surface area contributed by atoms with E-state index in [2.05, 4.69) is 10.9 Å². The SMILES string of the molecule is Cn1cc(C(=O)NNC(=O)[C@H]2COc3ccccc3O2)c2ccccc21. The number of para-hydroxylation sites is 3. The van der Waals surface area contributed by atoms with Gasteiger partial charge in [0.15, 0.2) is 11.5 Å². The van der Waals surface area contributed by atoms with Crippen LogP contribution in [0.4, 0.5) is 0 Å². The zero-order chi connectivity index (χ0) is 18.1. The molecule has 2 heterocycles. The third-order valence-electron chi connectivity index (χ3n) is 4.24. The summed E-state index contributed by atoms with van der Waals surface area (Å²) < 4.78 is 13.0. The van der Waals surface area contributed by atoms with Crippen molar-refractivity contribution < 1.29 is 19.1 Å². The predicted octanol–water partition coefficient (Wildman–Crippen LogP) is 1.78. The van der Waals surface area contributed by atoms with Crippen molar-refractivity contribution in [3.8, 4) is 11.5 Å². The average molecular weight is 351 g/mol. The van der Waals surface area contributed by atoms with Crippen molar-refractivity contribution in [3.63, 3.8) is 0 Å². The number of nitrogens with zero attached hydrogens (tertiary/aromatic N) is 1. The minimum absolute atomic E-state index is 0.0764. The van der Waals surface area contributed by atoms with E-state index in [1.54, 1.807) is 24.4 Å². The number of amides is 2. The largest absolute Gasteiger partial charge is 0.485 e. The van der Waals surface area contributed by atoms with Gasteiger partial charge < -0.3 is 14.0 Å². The van der Waals surface area contributed by atoms with E-state index in [1.165, 1.54) is 0 Å². The van der Waals surface area contributed by atoms with Gasteiger partial charge in [-0.25, -0.2) is 0 Å². The number of hydrazine groups is 1. The Bertz CT molecular complexity index is 995. The molecule has 0 aliphatic carbocycles. The van der Waals surface area contributed by atoms with Crippen LogP contribution in [0, 0.1) is 0 Å². The van der Waals surface area contributed by atoms with Gasteiger partial charge in [0.1, 0.15) is 6.61 Å². The number of ether oxygens (including phenoxy) is 2. The van der Waals surface area contributed by atoms with Crippen LogP contribution in [0.1, 0.15) is 10.4 Å². The Morgan fingerprint density at radius 1 is 1.04 bits per heavy atom. The van der Waals surface area contributed by atoms with Gasteiger partial charge in [0.2, 0.25) is 6.10 Å². The van der Waals surface area contributed by atoms with Crippen LogP contribution < -0.4 is 20.3 Å². The summed E-state index contributed by atoms with van der Waals surface area (Å²) in [6.45, 7) is 0.0764. The Morgan fingerprint density at radius 2 is 1.77 bits per heavy atom. The molecule has 0 radical (unpaired) electrons. The number of nitrogens with one attached hydrogen (secondary N) is 2. The first-order valence-corrected chi connectivity index (χ1v) is 8.16. The molecule has 0 spiro atoms. The second kappa shape index (κ2) is 6.44. The Morgan fingerprint density at radius 3 is 2.62 bits per heavy atom. The van der Waals surface area contributed by atoms with Gasteiger partial charge in [0, 0.05) is 24.1 Å². The van der Waals surface area contributed by atoms with Crippen molar-refractivity contribution >= 4 is 22.7 Å². The number of aryl methyl sites for hydroxylation is 1. The molecule has 1 atom stereocenters. The van der Waals surface area contributed by atoms with Gasteiger partial charge in [-0.05, 0) is 18.2 Å². The van der Waals surface area contributed by atoms with Crippen molar-refractivity contribution in [2.24, 2.45) is 7.05 Å². The number of carbonyl (C=O) groups excluding carboxylic acids is 2. The van der Waals surface area contributed by atoms with Crippen LogP contribution in [-0.4, -0.2) is 29.1 Å². The van der Waals surface area contributed by atoms with E-state index in [1.807, 2.05) is 41.9 Å². The van der Waals surface area contributed by atoms with Crippen molar-refractivity contribution in [2.75, 3.05) is 6.61 Å². The molecule has 7 nitrogen and oxygen atoms in total. The zero-order valence-electron chi connectivity index (χ0n) is 14.1. The summed E-state index contributed by atoms with van der Waals surface area (Å²) >= 11 is 0. The van der Waals surface area contributed by atoms with Crippen LogP contribution in [0.3, 0.4) is 0 Å². The molecule has 0 unspecified atom stereocenters. The monoisotopic (exact) mass is 351 g/mol. The highest BCUT2D eigenvalue weighted by Gasteiger charge is 2.27. The molecule has 132 valence electrons. The van der Waals surface area contributed by atoms with Crippen molar-refractivity contribution in [2.45, 2.75) is 6.10 Å². The molecule has 1 aliphatic rings. The van der Waals surface area contributed by atoms with Crippen molar-refractivity contribution in [3.05, 3.63) is 60.3 Å². The lowest BCUT2D eigenvalue weighted by Crippen LogP contribution is -2.50. The number of benzene rings is 2. The molecule has 1 aromatic heterocycles. The fraction of sp³-hybridized carbons (Fsp3) is 0.158. The smallest absolute Gasteiger partial charge is 0.283 e. The molecule has 1 aliphatic heterocycles. The van der Waals surface area contributed by atoms with Crippen LogP contribution in [0.5, 0.6) is 11.5 Å². The standard InChI is InChI=1S/C19H17N3O4/c1-22-10-13(12-6-2-3-7-14(12)22)18(23)20-21-19(24)17-11-25-15-8-4-5-9-16(15)26-17/h2-10,17H,11H2,1H3,(H,20,23)(H,21,24)/t17-/m1/s1. The molecule has 26 heavy (non-hydrogen) atoms. The number of aromatic nitrogens is 1. The molecule has 2 N–H and O–H groups in total. The lowest BCUT2D eigenvalue weighted by Gasteiger charge is -2.25. The second-order valence-corrected chi connectivity index (χ2v) is 5.98. The number of carbonyl (C=O) groups is 2. The van der Waals surface area contributed by atoms with Gasteiger partial charge in [0.25, 0.3) is 11.8 Å². The minimum atomic E-state index is -0.835. The molecular formula is C19H17N3O4. The summed E-state index contributed by atoms with van der Waals surface area (Å²) in [4.78, 5) is 24.7. The molecule has 0 bridgehead atoms. The third kappa shape index (κ3) is 2.83. The van der Waals surface area contributed by atoms with Gasteiger partial charge in [-0.3, -0.25) is 20.4 Å². The highest BCUT2D eigenvalue weighted by atomic mass is 16.6. The predicted molar refractivity (Wildman–Crippen MR) is 94.9 cm³/mol. The van der Waals surface area contributed by atoms with Gasteiger partial charge >= 0.3 is 0 Å². The summed E-state index contributed by atoms with van der Waals surface area (Å²) in [6.07, 6.45) is 0.889. The second-order valence-electron chi connectivity index (χ2n) is 5.98. The van der Waals surface area contributed by atoms with Gasteiger partial charge in [0.05, 0.1) is 5.56 Å². The lowest BCUT2D eigenvalue weighted by molar-refractivity contribution is -0.131. The number of rotatable bonds is 2. The lowest BCUT2D eigenvalue weighted by atomic mass is 10.2. The molecule has 3 aromatic rings. The van der Waals surface area contributed by atoms with Gasteiger partial charge in [-0.2, -0.15) is 0 Å². The average Bonchev–Trinajstić information content (AvgIpc) is 3.02. The first-order chi connectivity index (χ1) is 12.6.